The maximum absolute atomic E-state index is 12.1. The van der Waals surface area contributed by atoms with Crippen molar-refractivity contribution >= 4 is 11.7 Å². The standard InChI is InChI=1S/C20H29NO2.C2H6/c1-14(2)13-19(22)21-11-9-17(10-12-21)16-5-7-18(8-6-16)20(23)15(3)4;1-2/h5-8,14-15,17H,9-13H2,1-4H3;1-2H3. The fourth-order valence-electron chi connectivity index (χ4n) is 3.19. The SMILES string of the molecule is CC.CC(C)CC(=O)N1CCC(c2ccc(C(=O)C(C)C)cc2)CC1. The second-order valence-corrected chi connectivity index (χ2v) is 7.39. The first-order valence-corrected chi connectivity index (χ1v) is 9.80. The van der Waals surface area contributed by atoms with E-state index in [2.05, 4.69) is 26.0 Å². The normalized spacial score (nSPS) is 15.1. The molecule has 0 saturated carbocycles. The fourth-order valence-corrected chi connectivity index (χ4v) is 3.19. The largest absolute Gasteiger partial charge is 0.343 e. The summed E-state index contributed by atoms with van der Waals surface area (Å²) in [4.78, 5) is 26.1. The van der Waals surface area contributed by atoms with Crippen LogP contribution in [-0.2, 0) is 4.79 Å². The molecule has 0 radical (unpaired) electrons. The van der Waals surface area contributed by atoms with Crippen LogP contribution in [0, 0.1) is 11.8 Å². The van der Waals surface area contributed by atoms with E-state index in [1.807, 2.05) is 44.7 Å². The molecule has 1 aliphatic rings. The summed E-state index contributed by atoms with van der Waals surface area (Å²) in [6.07, 6.45) is 2.68. The third kappa shape index (κ3) is 6.30. The van der Waals surface area contributed by atoms with E-state index in [0.717, 1.165) is 31.5 Å². The van der Waals surface area contributed by atoms with Crippen molar-refractivity contribution in [3.05, 3.63) is 35.4 Å². The van der Waals surface area contributed by atoms with Gasteiger partial charge in [0, 0.05) is 31.0 Å². The van der Waals surface area contributed by atoms with Gasteiger partial charge in [0.2, 0.25) is 5.91 Å². The average molecular weight is 346 g/mol. The number of ketones is 1. The molecular weight excluding hydrogens is 310 g/mol. The molecular formula is C22H35NO2. The number of hydrogen-bond donors (Lipinski definition) is 0. The lowest BCUT2D eigenvalue weighted by Gasteiger charge is -2.32. The molecule has 3 nitrogen and oxygen atoms in total. The number of carbonyl (C=O) groups excluding carboxylic acids is 2. The molecule has 0 aromatic heterocycles. The maximum atomic E-state index is 12.1. The van der Waals surface area contributed by atoms with Crippen LogP contribution >= 0.6 is 0 Å². The van der Waals surface area contributed by atoms with Crippen molar-refractivity contribution in [2.45, 2.75) is 66.7 Å². The molecule has 1 aliphatic heterocycles. The first-order chi connectivity index (χ1) is 11.9. The van der Waals surface area contributed by atoms with Crippen LogP contribution in [0.3, 0.4) is 0 Å². The van der Waals surface area contributed by atoms with Crippen LogP contribution in [0.1, 0.15) is 82.6 Å². The Kier molecular flexibility index (Phi) is 8.88. The third-order valence-corrected chi connectivity index (χ3v) is 4.62. The molecule has 1 amide bonds. The van der Waals surface area contributed by atoms with E-state index in [0.29, 0.717) is 18.3 Å². The highest BCUT2D eigenvalue weighted by Crippen LogP contribution is 2.29. The third-order valence-electron chi connectivity index (χ3n) is 4.62. The van der Waals surface area contributed by atoms with E-state index in [9.17, 15) is 9.59 Å². The van der Waals surface area contributed by atoms with E-state index >= 15 is 0 Å². The Bertz CT molecular complexity index is 538. The van der Waals surface area contributed by atoms with Crippen LogP contribution in [0.5, 0.6) is 0 Å². The number of nitrogens with zero attached hydrogens (tertiary/aromatic N) is 1. The van der Waals surface area contributed by atoms with Crippen LogP contribution in [0.25, 0.3) is 0 Å². The topological polar surface area (TPSA) is 37.4 Å². The Hall–Kier alpha value is -1.64. The monoisotopic (exact) mass is 345 g/mol. The summed E-state index contributed by atoms with van der Waals surface area (Å²) < 4.78 is 0. The van der Waals surface area contributed by atoms with Gasteiger partial charge in [0.25, 0.3) is 0 Å². The number of Topliss-reactive ketones (excluding diaryl/α,β-unsaturated/α-hetero) is 1. The molecule has 0 atom stereocenters. The fraction of sp³-hybridized carbons (Fsp3) is 0.636. The lowest BCUT2D eigenvalue weighted by Crippen LogP contribution is -2.38. The van der Waals surface area contributed by atoms with Gasteiger partial charge in [-0.2, -0.15) is 0 Å². The second-order valence-electron chi connectivity index (χ2n) is 7.39. The summed E-state index contributed by atoms with van der Waals surface area (Å²) >= 11 is 0. The van der Waals surface area contributed by atoms with Gasteiger partial charge in [-0.3, -0.25) is 9.59 Å². The van der Waals surface area contributed by atoms with E-state index < -0.39 is 0 Å². The van der Waals surface area contributed by atoms with Crippen LogP contribution in [0.15, 0.2) is 24.3 Å². The summed E-state index contributed by atoms with van der Waals surface area (Å²) in [6.45, 7) is 13.7. The van der Waals surface area contributed by atoms with Crippen LogP contribution < -0.4 is 0 Å². The van der Waals surface area contributed by atoms with E-state index in [1.165, 1.54) is 5.56 Å². The molecule has 1 fully saturated rings. The molecule has 1 saturated heterocycles. The van der Waals surface area contributed by atoms with Crippen molar-refractivity contribution in [2.24, 2.45) is 11.8 Å². The summed E-state index contributed by atoms with van der Waals surface area (Å²) in [5, 5.41) is 0. The second kappa shape index (κ2) is 10.4. The Morgan fingerprint density at radius 1 is 1.00 bits per heavy atom. The lowest BCUT2D eigenvalue weighted by atomic mass is 9.88. The predicted molar refractivity (Wildman–Crippen MR) is 105 cm³/mol. The van der Waals surface area contributed by atoms with Gasteiger partial charge in [-0.15, -0.1) is 0 Å². The van der Waals surface area contributed by atoms with Gasteiger partial charge in [-0.1, -0.05) is 65.8 Å². The van der Waals surface area contributed by atoms with E-state index in [4.69, 9.17) is 0 Å². The first kappa shape index (κ1) is 21.4. The molecule has 0 bridgehead atoms. The van der Waals surface area contributed by atoms with Crippen molar-refractivity contribution in [3.8, 4) is 0 Å². The molecule has 1 aromatic rings. The molecule has 1 aromatic carbocycles. The minimum atomic E-state index is 0.0380. The molecule has 0 spiro atoms. The van der Waals surface area contributed by atoms with Crippen LogP contribution in [0.2, 0.25) is 0 Å². The number of carbonyl (C=O) groups is 2. The zero-order chi connectivity index (χ0) is 19.0. The zero-order valence-corrected chi connectivity index (χ0v) is 16.8. The quantitative estimate of drug-likeness (QED) is 0.679. The van der Waals surface area contributed by atoms with E-state index in [1.54, 1.807) is 0 Å². The number of amides is 1. The zero-order valence-electron chi connectivity index (χ0n) is 16.8. The molecule has 25 heavy (non-hydrogen) atoms. The number of piperidine rings is 1. The minimum absolute atomic E-state index is 0.0380. The number of likely N-dealkylation sites (tertiary alicyclic amines) is 1. The minimum Gasteiger partial charge on any atom is -0.343 e. The van der Waals surface area contributed by atoms with Crippen molar-refractivity contribution in [1.82, 2.24) is 4.90 Å². The van der Waals surface area contributed by atoms with Gasteiger partial charge in [-0.05, 0) is 30.2 Å². The van der Waals surface area contributed by atoms with Crippen molar-refractivity contribution in [3.63, 3.8) is 0 Å². The van der Waals surface area contributed by atoms with Crippen LogP contribution in [-0.4, -0.2) is 29.7 Å². The maximum Gasteiger partial charge on any atom is 0.222 e. The Labute approximate surface area is 153 Å². The van der Waals surface area contributed by atoms with Crippen molar-refractivity contribution in [1.29, 1.82) is 0 Å². The highest BCUT2D eigenvalue weighted by Gasteiger charge is 2.24. The van der Waals surface area contributed by atoms with Crippen LogP contribution in [0.4, 0.5) is 0 Å². The smallest absolute Gasteiger partial charge is 0.222 e. The van der Waals surface area contributed by atoms with Gasteiger partial charge in [0.15, 0.2) is 5.78 Å². The Morgan fingerprint density at radius 2 is 1.52 bits per heavy atom. The van der Waals surface area contributed by atoms with Gasteiger partial charge >= 0.3 is 0 Å². The summed E-state index contributed by atoms with van der Waals surface area (Å²) in [7, 11) is 0. The molecule has 140 valence electrons. The summed E-state index contributed by atoms with van der Waals surface area (Å²) in [6, 6.07) is 8.08. The number of hydrogen-bond acceptors (Lipinski definition) is 2. The average Bonchev–Trinajstić information content (AvgIpc) is 2.62. The molecule has 1 heterocycles. The summed E-state index contributed by atoms with van der Waals surface area (Å²) in [5.74, 6) is 1.45. The highest BCUT2D eigenvalue weighted by molar-refractivity contribution is 5.97. The first-order valence-electron chi connectivity index (χ1n) is 9.80. The van der Waals surface area contributed by atoms with Crippen molar-refractivity contribution in [2.75, 3.05) is 13.1 Å². The Morgan fingerprint density at radius 3 is 1.96 bits per heavy atom. The molecule has 0 aliphatic carbocycles. The van der Waals surface area contributed by atoms with Gasteiger partial charge in [0.05, 0.1) is 0 Å². The molecule has 0 unspecified atom stereocenters. The van der Waals surface area contributed by atoms with Gasteiger partial charge in [0.1, 0.15) is 0 Å². The number of rotatable bonds is 5. The molecule has 2 rings (SSSR count). The number of benzene rings is 1. The molecule has 3 heteroatoms. The predicted octanol–water partition coefficient (Wildman–Crippen LogP) is 5.30. The van der Waals surface area contributed by atoms with Gasteiger partial charge in [-0.25, -0.2) is 0 Å². The Balaban J connectivity index is 0.00000151. The highest BCUT2D eigenvalue weighted by atomic mass is 16.2. The van der Waals surface area contributed by atoms with Gasteiger partial charge < -0.3 is 4.90 Å². The summed E-state index contributed by atoms with van der Waals surface area (Å²) in [5.41, 5.74) is 2.09. The lowest BCUT2D eigenvalue weighted by molar-refractivity contribution is -0.133. The van der Waals surface area contributed by atoms with Crippen molar-refractivity contribution < 1.29 is 9.59 Å². The van der Waals surface area contributed by atoms with E-state index in [-0.39, 0.29) is 17.6 Å². The molecule has 0 N–H and O–H groups in total.